The van der Waals surface area contributed by atoms with Gasteiger partial charge in [-0.1, -0.05) is 0 Å². The Hall–Kier alpha value is -2.28. The lowest BCUT2D eigenvalue weighted by atomic mass is 10.2. The number of aromatic nitrogens is 2. The van der Waals surface area contributed by atoms with Gasteiger partial charge in [0, 0.05) is 24.2 Å². The number of anilines is 1. The number of aryl methyl sites for hydroxylation is 1. The molecule has 0 saturated carbocycles. The van der Waals surface area contributed by atoms with Crippen LogP contribution >= 0.6 is 11.3 Å². The van der Waals surface area contributed by atoms with Gasteiger partial charge in [0.25, 0.3) is 5.91 Å². The van der Waals surface area contributed by atoms with E-state index in [1.165, 1.54) is 17.5 Å². The maximum absolute atomic E-state index is 11.8. The first-order valence-corrected chi connectivity index (χ1v) is 6.40. The van der Waals surface area contributed by atoms with Crippen molar-refractivity contribution in [2.45, 2.75) is 12.8 Å². The van der Waals surface area contributed by atoms with E-state index in [0.717, 1.165) is 0 Å². The van der Waals surface area contributed by atoms with E-state index < -0.39 is 5.97 Å². The summed E-state index contributed by atoms with van der Waals surface area (Å²) in [6.45, 7) is 0. The maximum atomic E-state index is 11.8. The highest BCUT2D eigenvalue weighted by Gasteiger charge is 2.09. The zero-order valence-electron chi connectivity index (χ0n) is 9.87. The van der Waals surface area contributed by atoms with Crippen molar-refractivity contribution >= 4 is 28.3 Å². The Morgan fingerprint density at radius 1 is 1.42 bits per heavy atom. The molecule has 2 aromatic rings. The Morgan fingerprint density at radius 3 is 2.95 bits per heavy atom. The van der Waals surface area contributed by atoms with Crippen LogP contribution in [0, 0.1) is 0 Å². The third-order valence-corrected chi connectivity index (χ3v) is 3.10. The number of hydrogen-bond donors (Lipinski definition) is 2. The Kier molecular flexibility index (Phi) is 4.19. The molecule has 6 nitrogen and oxygen atoms in total. The number of rotatable bonds is 5. The molecule has 19 heavy (non-hydrogen) atoms. The van der Waals surface area contributed by atoms with E-state index in [1.54, 1.807) is 23.7 Å². The fourth-order valence-electron chi connectivity index (χ4n) is 1.38. The van der Waals surface area contributed by atoms with E-state index in [4.69, 9.17) is 5.11 Å². The molecule has 0 spiro atoms. The van der Waals surface area contributed by atoms with Gasteiger partial charge in [0.15, 0.2) is 5.13 Å². The molecule has 1 amide bonds. The maximum Gasteiger partial charge on any atom is 0.303 e. The summed E-state index contributed by atoms with van der Waals surface area (Å²) in [5.74, 6) is -1.15. The summed E-state index contributed by atoms with van der Waals surface area (Å²) < 4.78 is 0. The minimum atomic E-state index is -0.867. The number of carboxylic acid groups (broad SMARTS) is 1. The third-order valence-electron chi connectivity index (χ3n) is 2.29. The van der Waals surface area contributed by atoms with Gasteiger partial charge in [-0.25, -0.2) is 4.98 Å². The molecule has 0 aliphatic heterocycles. The molecule has 0 aliphatic rings. The van der Waals surface area contributed by atoms with Gasteiger partial charge in [0.05, 0.1) is 17.7 Å². The monoisotopic (exact) mass is 277 g/mol. The minimum Gasteiger partial charge on any atom is -0.481 e. The standard InChI is InChI=1S/C12H11N3O3S/c16-10(17)4-3-9-7-19-12(14-9)15-11(18)8-2-1-5-13-6-8/h1-2,5-7H,3-4H2,(H,16,17)(H,14,15,18). The second kappa shape index (κ2) is 6.05. The SMILES string of the molecule is O=C(O)CCc1csc(NC(=O)c2cccnc2)n1. The summed E-state index contributed by atoms with van der Waals surface area (Å²) in [6, 6.07) is 3.33. The van der Waals surface area contributed by atoms with Crippen molar-refractivity contribution in [3.05, 3.63) is 41.2 Å². The number of thiazole rings is 1. The highest BCUT2D eigenvalue weighted by atomic mass is 32.1. The topological polar surface area (TPSA) is 92.2 Å². The van der Waals surface area contributed by atoms with Gasteiger partial charge in [-0.05, 0) is 12.1 Å². The lowest BCUT2D eigenvalue weighted by molar-refractivity contribution is -0.136. The number of carbonyl (C=O) groups excluding carboxylic acids is 1. The fraction of sp³-hybridized carbons (Fsp3) is 0.167. The van der Waals surface area contributed by atoms with Crippen LogP contribution in [0.5, 0.6) is 0 Å². The summed E-state index contributed by atoms with van der Waals surface area (Å²) >= 11 is 1.27. The molecule has 0 atom stereocenters. The lowest BCUT2D eigenvalue weighted by Crippen LogP contribution is -2.11. The molecular formula is C12H11N3O3S. The first kappa shape index (κ1) is 13.2. The molecule has 2 heterocycles. The molecule has 0 unspecified atom stereocenters. The van der Waals surface area contributed by atoms with Gasteiger partial charge in [-0.2, -0.15) is 0 Å². The van der Waals surface area contributed by atoms with Crippen molar-refractivity contribution in [3.8, 4) is 0 Å². The van der Waals surface area contributed by atoms with Crippen LogP contribution in [-0.2, 0) is 11.2 Å². The molecule has 98 valence electrons. The second-order valence-electron chi connectivity index (χ2n) is 3.73. The smallest absolute Gasteiger partial charge is 0.303 e. The summed E-state index contributed by atoms with van der Waals surface area (Å²) in [5, 5.41) is 13.4. The number of carboxylic acids is 1. The number of aliphatic carboxylic acids is 1. The van der Waals surface area contributed by atoms with E-state index in [9.17, 15) is 9.59 Å². The first-order chi connectivity index (χ1) is 9.15. The van der Waals surface area contributed by atoms with Crippen LogP contribution in [0.25, 0.3) is 0 Å². The van der Waals surface area contributed by atoms with Crippen LogP contribution in [0.3, 0.4) is 0 Å². The van der Waals surface area contributed by atoms with Crippen LogP contribution in [0.2, 0.25) is 0 Å². The Labute approximate surface area is 113 Å². The third kappa shape index (κ3) is 3.85. The van der Waals surface area contributed by atoms with Gasteiger partial charge in [-0.15, -0.1) is 11.3 Å². The van der Waals surface area contributed by atoms with Crippen LogP contribution in [0.15, 0.2) is 29.9 Å². The summed E-state index contributed by atoms with van der Waals surface area (Å²) in [4.78, 5) is 30.3. The van der Waals surface area contributed by atoms with E-state index in [1.807, 2.05) is 0 Å². The number of hydrogen-bond acceptors (Lipinski definition) is 5. The number of carbonyl (C=O) groups is 2. The number of nitrogens with zero attached hydrogens (tertiary/aromatic N) is 2. The molecule has 2 aromatic heterocycles. The van der Waals surface area contributed by atoms with Crippen molar-refractivity contribution in [1.29, 1.82) is 0 Å². The Bertz CT molecular complexity index is 583. The minimum absolute atomic E-state index is 0.0275. The van der Waals surface area contributed by atoms with E-state index in [0.29, 0.717) is 22.8 Å². The molecule has 0 bridgehead atoms. The van der Waals surface area contributed by atoms with E-state index in [-0.39, 0.29) is 12.3 Å². The molecule has 0 aliphatic carbocycles. The summed E-state index contributed by atoms with van der Waals surface area (Å²) in [6.07, 6.45) is 3.44. The largest absolute Gasteiger partial charge is 0.481 e. The van der Waals surface area contributed by atoms with Crippen LogP contribution in [0.4, 0.5) is 5.13 Å². The quantitative estimate of drug-likeness (QED) is 0.869. The second-order valence-corrected chi connectivity index (χ2v) is 4.59. The highest BCUT2D eigenvalue weighted by Crippen LogP contribution is 2.17. The van der Waals surface area contributed by atoms with Crippen LogP contribution < -0.4 is 5.32 Å². The van der Waals surface area contributed by atoms with Crippen LogP contribution in [-0.4, -0.2) is 27.0 Å². The van der Waals surface area contributed by atoms with Gasteiger partial charge in [-0.3, -0.25) is 19.9 Å². The highest BCUT2D eigenvalue weighted by molar-refractivity contribution is 7.13. The van der Waals surface area contributed by atoms with Crippen molar-refractivity contribution < 1.29 is 14.7 Å². The number of nitrogens with one attached hydrogen (secondary N) is 1. The van der Waals surface area contributed by atoms with E-state index >= 15 is 0 Å². The van der Waals surface area contributed by atoms with Crippen molar-refractivity contribution in [2.75, 3.05) is 5.32 Å². The summed E-state index contributed by atoms with van der Waals surface area (Å²) in [5.41, 5.74) is 1.11. The molecule has 7 heteroatoms. The first-order valence-electron chi connectivity index (χ1n) is 5.53. The van der Waals surface area contributed by atoms with Crippen LogP contribution in [0.1, 0.15) is 22.5 Å². The molecule has 0 fully saturated rings. The van der Waals surface area contributed by atoms with Gasteiger partial charge in [0.1, 0.15) is 0 Å². The molecule has 2 N–H and O–H groups in total. The molecule has 0 aromatic carbocycles. The fourth-order valence-corrected chi connectivity index (χ4v) is 2.12. The van der Waals surface area contributed by atoms with Gasteiger partial charge < -0.3 is 5.11 Å². The molecular weight excluding hydrogens is 266 g/mol. The average Bonchev–Trinajstić information content (AvgIpc) is 2.85. The Balaban J connectivity index is 1.96. The van der Waals surface area contributed by atoms with Crippen molar-refractivity contribution in [1.82, 2.24) is 9.97 Å². The Morgan fingerprint density at radius 2 is 2.26 bits per heavy atom. The average molecular weight is 277 g/mol. The predicted octanol–water partition coefficient (Wildman–Crippen LogP) is 1.81. The van der Waals surface area contributed by atoms with Gasteiger partial charge in [0.2, 0.25) is 0 Å². The molecule has 0 saturated heterocycles. The van der Waals surface area contributed by atoms with Crippen molar-refractivity contribution in [2.24, 2.45) is 0 Å². The zero-order chi connectivity index (χ0) is 13.7. The van der Waals surface area contributed by atoms with E-state index in [2.05, 4.69) is 15.3 Å². The lowest BCUT2D eigenvalue weighted by Gasteiger charge is -2.00. The zero-order valence-corrected chi connectivity index (χ0v) is 10.7. The number of pyridine rings is 1. The van der Waals surface area contributed by atoms with Crippen molar-refractivity contribution in [3.63, 3.8) is 0 Å². The normalized spacial score (nSPS) is 10.1. The summed E-state index contributed by atoms with van der Waals surface area (Å²) in [7, 11) is 0. The number of amides is 1. The molecule has 2 rings (SSSR count). The molecule has 0 radical (unpaired) electrons. The van der Waals surface area contributed by atoms with Gasteiger partial charge >= 0.3 is 5.97 Å². The predicted molar refractivity (Wildman–Crippen MR) is 70.3 cm³/mol.